The lowest BCUT2D eigenvalue weighted by molar-refractivity contribution is -0.116. The Bertz CT molecular complexity index is 637. The molecule has 0 saturated heterocycles. The zero-order valence-corrected chi connectivity index (χ0v) is 11.7. The zero-order valence-electron chi connectivity index (χ0n) is 10.9. The van der Waals surface area contributed by atoms with Crippen molar-refractivity contribution in [2.75, 3.05) is 5.32 Å². The Morgan fingerprint density at radius 1 is 1.35 bits per heavy atom. The number of hydrogen-bond acceptors (Lipinski definition) is 4. The van der Waals surface area contributed by atoms with Crippen LogP contribution in [-0.4, -0.2) is 22.0 Å². The second-order valence-corrected chi connectivity index (χ2v) is 5.04. The Balaban J connectivity index is 2.31. The molecule has 20 heavy (non-hydrogen) atoms. The van der Waals surface area contributed by atoms with Crippen LogP contribution in [0.5, 0.6) is 0 Å². The highest BCUT2D eigenvalue weighted by Gasteiger charge is 2.13. The first kappa shape index (κ1) is 14.2. The predicted octanol–water partition coefficient (Wildman–Crippen LogP) is 3.25. The maximum atomic E-state index is 11.7. The summed E-state index contributed by atoms with van der Waals surface area (Å²) in [5, 5.41) is 13.8. The first-order valence-electron chi connectivity index (χ1n) is 6.20. The number of anilines is 1. The molecule has 2 N–H and O–H groups in total. The minimum Gasteiger partial charge on any atom is -0.476 e. The number of nitrogens with zero attached hydrogens (tertiary/aromatic N) is 1. The summed E-state index contributed by atoms with van der Waals surface area (Å²) in [6, 6.07) is 7.24. The van der Waals surface area contributed by atoms with Gasteiger partial charge >= 0.3 is 5.97 Å². The van der Waals surface area contributed by atoms with E-state index in [1.807, 2.05) is 25.1 Å². The van der Waals surface area contributed by atoms with E-state index in [-0.39, 0.29) is 11.6 Å². The van der Waals surface area contributed by atoms with Crippen LogP contribution in [0.1, 0.15) is 30.3 Å². The molecule has 0 spiro atoms. The summed E-state index contributed by atoms with van der Waals surface area (Å²) in [5.74, 6) is -1.12. The fourth-order valence-electron chi connectivity index (χ4n) is 1.71. The Hall–Kier alpha value is -2.21. The van der Waals surface area contributed by atoms with Crippen LogP contribution in [0.25, 0.3) is 10.6 Å². The minimum absolute atomic E-state index is 0.0136. The van der Waals surface area contributed by atoms with E-state index < -0.39 is 5.97 Å². The third kappa shape index (κ3) is 3.21. The molecule has 0 unspecified atom stereocenters. The molecule has 6 heteroatoms. The molecule has 0 aliphatic rings. The molecule has 104 valence electrons. The fourth-order valence-corrected chi connectivity index (χ4v) is 2.55. The molecule has 0 fully saturated rings. The van der Waals surface area contributed by atoms with Crippen LogP contribution in [0.2, 0.25) is 0 Å². The van der Waals surface area contributed by atoms with Crippen LogP contribution in [0.15, 0.2) is 29.6 Å². The number of aromatic nitrogens is 1. The number of hydrogen-bond donors (Lipinski definition) is 2. The van der Waals surface area contributed by atoms with Crippen LogP contribution >= 0.6 is 11.3 Å². The number of rotatable bonds is 5. The average molecular weight is 290 g/mol. The van der Waals surface area contributed by atoms with Crippen LogP contribution < -0.4 is 5.32 Å². The molecule has 0 bridgehead atoms. The molecule has 0 aliphatic carbocycles. The monoisotopic (exact) mass is 290 g/mol. The normalized spacial score (nSPS) is 10.2. The second kappa shape index (κ2) is 6.29. The number of para-hydroxylation sites is 1. The largest absolute Gasteiger partial charge is 0.476 e. The molecule has 2 aromatic rings. The zero-order chi connectivity index (χ0) is 14.5. The summed E-state index contributed by atoms with van der Waals surface area (Å²) in [6.07, 6.45) is 1.22. The first-order chi connectivity index (χ1) is 9.61. The van der Waals surface area contributed by atoms with Crippen molar-refractivity contribution in [2.24, 2.45) is 0 Å². The number of carboxylic acid groups (broad SMARTS) is 1. The molecule has 1 aromatic carbocycles. The predicted molar refractivity (Wildman–Crippen MR) is 78.0 cm³/mol. The van der Waals surface area contributed by atoms with E-state index >= 15 is 0 Å². The number of nitrogens with one attached hydrogen (secondary N) is 1. The fraction of sp³-hybridized carbons (Fsp3) is 0.214. The van der Waals surface area contributed by atoms with E-state index in [2.05, 4.69) is 10.3 Å². The summed E-state index contributed by atoms with van der Waals surface area (Å²) in [5.41, 5.74) is 1.39. The van der Waals surface area contributed by atoms with E-state index in [1.54, 1.807) is 6.07 Å². The number of benzene rings is 1. The number of carboxylic acids is 1. The molecule has 0 aliphatic heterocycles. The van der Waals surface area contributed by atoms with Crippen molar-refractivity contribution in [3.8, 4) is 10.6 Å². The Kier molecular flexibility index (Phi) is 4.47. The Morgan fingerprint density at radius 2 is 2.10 bits per heavy atom. The van der Waals surface area contributed by atoms with E-state index in [4.69, 9.17) is 5.11 Å². The quantitative estimate of drug-likeness (QED) is 0.886. The van der Waals surface area contributed by atoms with Gasteiger partial charge in [0.1, 0.15) is 5.01 Å². The number of carbonyl (C=O) groups excluding carboxylic acids is 1. The van der Waals surface area contributed by atoms with Crippen molar-refractivity contribution in [3.05, 3.63) is 35.3 Å². The molecule has 1 heterocycles. The maximum Gasteiger partial charge on any atom is 0.355 e. The minimum atomic E-state index is -1.06. The SMILES string of the molecule is CCCC(=O)Nc1ccccc1-c1nc(C(=O)O)cs1. The number of carbonyl (C=O) groups is 2. The lowest BCUT2D eigenvalue weighted by Gasteiger charge is -2.08. The van der Waals surface area contributed by atoms with Crippen LogP contribution in [-0.2, 0) is 4.79 Å². The summed E-state index contributed by atoms with van der Waals surface area (Å²) in [6.45, 7) is 1.94. The number of aromatic carboxylic acids is 1. The summed E-state index contributed by atoms with van der Waals surface area (Å²) in [7, 11) is 0. The van der Waals surface area contributed by atoms with Crippen LogP contribution in [0, 0.1) is 0 Å². The van der Waals surface area contributed by atoms with Gasteiger partial charge in [-0.25, -0.2) is 9.78 Å². The third-order valence-corrected chi connectivity index (χ3v) is 3.51. The van der Waals surface area contributed by atoms with Crippen molar-refractivity contribution in [1.29, 1.82) is 0 Å². The van der Waals surface area contributed by atoms with E-state index in [0.29, 0.717) is 17.1 Å². The molecular weight excluding hydrogens is 276 g/mol. The summed E-state index contributed by atoms with van der Waals surface area (Å²) < 4.78 is 0. The van der Waals surface area contributed by atoms with Gasteiger partial charge in [-0.15, -0.1) is 11.3 Å². The standard InChI is InChI=1S/C14H14N2O3S/c1-2-5-12(17)15-10-7-4-3-6-9(10)13-16-11(8-20-13)14(18)19/h3-4,6-8H,2,5H2,1H3,(H,15,17)(H,18,19). The molecule has 2 rings (SSSR count). The van der Waals surface area contributed by atoms with Crippen LogP contribution in [0.4, 0.5) is 5.69 Å². The molecular formula is C14H14N2O3S. The van der Waals surface area contributed by atoms with Gasteiger partial charge in [-0.2, -0.15) is 0 Å². The van der Waals surface area contributed by atoms with Crippen molar-refractivity contribution < 1.29 is 14.7 Å². The van der Waals surface area contributed by atoms with E-state index in [1.165, 1.54) is 16.7 Å². The lowest BCUT2D eigenvalue weighted by atomic mass is 10.2. The van der Waals surface area contributed by atoms with E-state index in [9.17, 15) is 9.59 Å². The van der Waals surface area contributed by atoms with Crippen molar-refractivity contribution >= 4 is 28.9 Å². The van der Waals surface area contributed by atoms with E-state index in [0.717, 1.165) is 12.0 Å². The Labute approximate surface area is 120 Å². The van der Waals surface area contributed by atoms with Crippen LogP contribution in [0.3, 0.4) is 0 Å². The van der Waals surface area contributed by atoms with Gasteiger partial charge < -0.3 is 10.4 Å². The molecule has 0 saturated carbocycles. The number of thiazole rings is 1. The highest BCUT2D eigenvalue weighted by Crippen LogP contribution is 2.30. The maximum absolute atomic E-state index is 11.7. The van der Waals surface area contributed by atoms with Gasteiger partial charge in [-0.05, 0) is 18.6 Å². The average Bonchev–Trinajstić information content (AvgIpc) is 2.89. The molecule has 1 aromatic heterocycles. The van der Waals surface area contributed by atoms with Crippen molar-refractivity contribution in [3.63, 3.8) is 0 Å². The van der Waals surface area contributed by atoms with Gasteiger partial charge in [0.15, 0.2) is 5.69 Å². The smallest absolute Gasteiger partial charge is 0.355 e. The molecule has 0 radical (unpaired) electrons. The highest BCUT2D eigenvalue weighted by atomic mass is 32.1. The van der Waals surface area contributed by atoms with Gasteiger partial charge in [0, 0.05) is 17.4 Å². The first-order valence-corrected chi connectivity index (χ1v) is 7.08. The van der Waals surface area contributed by atoms with Crippen molar-refractivity contribution in [2.45, 2.75) is 19.8 Å². The third-order valence-electron chi connectivity index (χ3n) is 2.63. The van der Waals surface area contributed by atoms with Gasteiger partial charge in [-0.3, -0.25) is 4.79 Å². The van der Waals surface area contributed by atoms with Crippen molar-refractivity contribution in [1.82, 2.24) is 4.98 Å². The van der Waals surface area contributed by atoms with Gasteiger partial charge in [-0.1, -0.05) is 19.1 Å². The molecule has 5 nitrogen and oxygen atoms in total. The second-order valence-electron chi connectivity index (χ2n) is 4.19. The van der Waals surface area contributed by atoms with Gasteiger partial charge in [0.05, 0.1) is 5.69 Å². The Morgan fingerprint density at radius 3 is 2.75 bits per heavy atom. The summed E-state index contributed by atoms with van der Waals surface area (Å²) >= 11 is 1.24. The van der Waals surface area contributed by atoms with Gasteiger partial charge in [0.25, 0.3) is 0 Å². The van der Waals surface area contributed by atoms with Gasteiger partial charge in [0.2, 0.25) is 5.91 Å². The molecule has 1 amide bonds. The number of amides is 1. The highest BCUT2D eigenvalue weighted by molar-refractivity contribution is 7.13. The topological polar surface area (TPSA) is 79.3 Å². The molecule has 0 atom stereocenters. The lowest BCUT2D eigenvalue weighted by Crippen LogP contribution is -2.11. The summed E-state index contributed by atoms with van der Waals surface area (Å²) in [4.78, 5) is 26.6.